The normalized spacial score (nSPS) is 17.2. The van der Waals surface area contributed by atoms with Crippen LogP contribution in [0.5, 0.6) is 5.75 Å². The molecule has 1 aromatic carbocycles. The number of hydrogen-bond donors (Lipinski definition) is 2. The number of carbonyl (C=O) groups excluding carboxylic acids is 1. The first-order valence-corrected chi connectivity index (χ1v) is 7.85. The van der Waals surface area contributed by atoms with Gasteiger partial charge < -0.3 is 20.1 Å². The molecule has 0 amide bonds. The Kier molecular flexibility index (Phi) is 6.14. The standard InChI is InChI=1S/C18H20N2O3S/c1-4-11-23-17(21)16-12(2)19-18(24)20-14(16)10-9-13-7-5-6-8-15(13)22-3/h4-10,14H,1,11H2,2-3H3,(H2,19,20,24)/b10-9+/t14-/m0/s1. The van der Waals surface area contributed by atoms with Gasteiger partial charge in [0, 0.05) is 11.3 Å². The number of hydrogen-bond acceptors (Lipinski definition) is 4. The van der Waals surface area contributed by atoms with Crippen molar-refractivity contribution in [3.8, 4) is 5.75 Å². The van der Waals surface area contributed by atoms with Crippen LogP contribution in [0.15, 0.2) is 54.3 Å². The van der Waals surface area contributed by atoms with Gasteiger partial charge in [0.2, 0.25) is 0 Å². The first kappa shape index (κ1) is 17.7. The van der Waals surface area contributed by atoms with Crippen molar-refractivity contribution in [1.82, 2.24) is 10.6 Å². The summed E-state index contributed by atoms with van der Waals surface area (Å²) >= 11 is 5.18. The lowest BCUT2D eigenvalue weighted by Gasteiger charge is -2.27. The molecule has 1 aliphatic heterocycles. The Morgan fingerprint density at radius 2 is 2.17 bits per heavy atom. The van der Waals surface area contributed by atoms with E-state index in [-0.39, 0.29) is 12.6 Å². The zero-order valence-corrected chi connectivity index (χ0v) is 14.5. The van der Waals surface area contributed by atoms with E-state index < -0.39 is 5.97 Å². The summed E-state index contributed by atoms with van der Waals surface area (Å²) in [6, 6.07) is 7.24. The molecule has 1 aliphatic rings. The number of allylic oxidation sites excluding steroid dienone is 1. The van der Waals surface area contributed by atoms with Crippen LogP contribution in [-0.2, 0) is 9.53 Å². The summed E-state index contributed by atoms with van der Waals surface area (Å²) in [4.78, 5) is 12.3. The van der Waals surface area contributed by atoms with Crippen molar-refractivity contribution in [1.29, 1.82) is 0 Å². The van der Waals surface area contributed by atoms with Gasteiger partial charge in [-0.15, -0.1) is 0 Å². The van der Waals surface area contributed by atoms with Crippen LogP contribution in [0.25, 0.3) is 6.08 Å². The van der Waals surface area contributed by atoms with Crippen LogP contribution >= 0.6 is 12.2 Å². The maximum absolute atomic E-state index is 12.3. The van der Waals surface area contributed by atoms with E-state index in [9.17, 15) is 4.79 Å². The maximum Gasteiger partial charge on any atom is 0.338 e. The Hall–Kier alpha value is -2.60. The molecule has 6 heteroatoms. The van der Waals surface area contributed by atoms with Crippen LogP contribution < -0.4 is 15.4 Å². The molecule has 0 saturated heterocycles. The molecule has 0 radical (unpaired) electrons. The van der Waals surface area contributed by atoms with Crippen molar-refractivity contribution in [2.24, 2.45) is 0 Å². The predicted octanol–water partition coefficient (Wildman–Crippen LogP) is 2.56. The third-order valence-corrected chi connectivity index (χ3v) is 3.68. The van der Waals surface area contributed by atoms with Gasteiger partial charge in [-0.2, -0.15) is 0 Å². The van der Waals surface area contributed by atoms with E-state index in [0.29, 0.717) is 16.4 Å². The summed E-state index contributed by atoms with van der Waals surface area (Å²) in [7, 11) is 1.62. The van der Waals surface area contributed by atoms with Crippen molar-refractivity contribution in [2.75, 3.05) is 13.7 Å². The summed E-state index contributed by atoms with van der Waals surface area (Å²) in [6.45, 7) is 5.50. The molecule has 1 heterocycles. The highest BCUT2D eigenvalue weighted by molar-refractivity contribution is 7.80. The van der Waals surface area contributed by atoms with Crippen LogP contribution in [-0.4, -0.2) is 30.8 Å². The predicted molar refractivity (Wildman–Crippen MR) is 98.5 cm³/mol. The van der Waals surface area contributed by atoms with Crippen molar-refractivity contribution in [3.05, 3.63) is 59.8 Å². The van der Waals surface area contributed by atoms with Crippen molar-refractivity contribution in [3.63, 3.8) is 0 Å². The number of nitrogens with one attached hydrogen (secondary N) is 2. The van der Waals surface area contributed by atoms with Gasteiger partial charge in [-0.1, -0.05) is 43.0 Å². The molecule has 5 nitrogen and oxygen atoms in total. The van der Waals surface area contributed by atoms with Gasteiger partial charge in [0.05, 0.1) is 18.7 Å². The lowest BCUT2D eigenvalue weighted by atomic mass is 10.0. The van der Waals surface area contributed by atoms with Gasteiger partial charge >= 0.3 is 5.97 Å². The molecular weight excluding hydrogens is 324 g/mol. The van der Waals surface area contributed by atoms with Crippen LogP contribution in [0.1, 0.15) is 12.5 Å². The molecule has 0 unspecified atom stereocenters. The molecule has 1 atom stereocenters. The van der Waals surface area contributed by atoms with Gasteiger partial charge in [-0.3, -0.25) is 0 Å². The zero-order chi connectivity index (χ0) is 17.5. The van der Waals surface area contributed by atoms with Gasteiger partial charge in [0.1, 0.15) is 12.4 Å². The Morgan fingerprint density at radius 3 is 2.88 bits per heavy atom. The minimum atomic E-state index is -0.412. The highest BCUT2D eigenvalue weighted by Crippen LogP contribution is 2.21. The second kappa shape index (κ2) is 8.31. The lowest BCUT2D eigenvalue weighted by molar-refractivity contribution is -0.138. The van der Waals surface area contributed by atoms with E-state index in [4.69, 9.17) is 21.7 Å². The molecule has 0 spiro atoms. The molecule has 0 aliphatic carbocycles. The van der Waals surface area contributed by atoms with E-state index >= 15 is 0 Å². The summed E-state index contributed by atoms with van der Waals surface area (Å²) in [6.07, 6.45) is 5.28. The molecule has 126 valence electrons. The van der Waals surface area contributed by atoms with Crippen LogP contribution in [0.2, 0.25) is 0 Å². The number of methoxy groups -OCH3 is 1. The number of para-hydroxylation sites is 1. The van der Waals surface area contributed by atoms with Crippen molar-refractivity contribution < 1.29 is 14.3 Å². The van der Waals surface area contributed by atoms with E-state index in [1.54, 1.807) is 14.0 Å². The molecule has 0 bridgehead atoms. The fraction of sp³-hybridized carbons (Fsp3) is 0.222. The van der Waals surface area contributed by atoms with E-state index in [0.717, 1.165) is 11.3 Å². The smallest absolute Gasteiger partial charge is 0.338 e. The summed E-state index contributed by atoms with van der Waals surface area (Å²) < 4.78 is 10.5. The van der Waals surface area contributed by atoms with Crippen molar-refractivity contribution in [2.45, 2.75) is 13.0 Å². The lowest BCUT2D eigenvalue weighted by Crippen LogP contribution is -2.48. The Labute approximate surface area is 147 Å². The minimum absolute atomic E-state index is 0.156. The van der Waals surface area contributed by atoms with Gasteiger partial charge in [-0.25, -0.2) is 4.79 Å². The fourth-order valence-electron chi connectivity index (χ4n) is 2.36. The van der Waals surface area contributed by atoms with Crippen LogP contribution in [0, 0.1) is 0 Å². The number of rotatable bonds is 6. The average Bonchev–Trinajstić information content (AvgIpc) is 2.57. The molecule has 0 saturated carbocycles. The van der Waals surface area contributed by atoms with Crippen LogP contribution in [0.4, 0.5) is 0 Å². The Balaban J connectivity index is 2.29. The quantitative estimate of drug-likeness (QED) is 0.470. The summed E-state index contributed by atoms with van der Waals surface area (Å²) in [5, 5.41) is 6.48. The minimum Gasteiger partial charge on any atom is -0.496 e. The second-order valence-corrected chi connectivity index (χ2v) is 5.51. The van der Waals surface area contributed by atoms with Gasteiger partial charge in [0.15, 0.2) is 5.11 Å². The molecule has 0 fully saturated rings. The Morgan fingerprint density at radius 1 is 1.42 bits per heavy atom. The number of thiocarbonyl (C=S) groups is 1. The third-order valence-electron chi connectivity index (χ3n) is 3.46. The SMILES string of the molecule is C=CCOC(=O)C1=C(C)NC(=S)N[C@H]1/C=C/c1ccccc1OC. The molecular formula is C18H20N2O3S. The molecule has 2 rings (SSSR count). The highest BCUT2D eigenvalue weighted by atomic mass is 32.1. The summed E-state index contributed by atoms with van der Waals surface area (Å²) in [5.74, 6) is 0.339. The van der Waals surface area contributed by atoms with Crippen LogP contribution in [0.3, 0.4) is 0 Å². The number of ether oxygens (including phenoxy) is 2. The third kappa shape index (κ3) is 4.23. The summed E-state index contributed by atoms with van der Waals surface area (Å²) in [5.41, 5.74) is 2.06. The van der Waals surface area contributed by atoms with Crippen molar-refractivity contribution >= 4 is 29.4 Å². The Bertz CT molecular complexity index is 710. The molecule has 24 heavy (non-hydrogen) atoms. The first-order valence-electron chi connectivity index (χ1n) is 7.44. The van der Waals surface area contributed by atoms with E-state index in [1.165, 1.54) is 6.08 Å². The highest BCUT2D eigenvalue weighted by Gasteiger charge is 2.27. The van der Waals surface area contributed by atoms with Gasteiger partial charge in [-0.05, 0) is 25.2 Å². The average molecular weight is 344 g/mol. The topological polar surface area (TPSA) is 59.6 Å². The van der Waals surface area contributed by atoms with Gasteiger partial charge in [0.25, 0.3) is 0 Å². The number of carbonyl (C=O) groups is 1. The zero-order valence-electron chi connectivity index (χ0n) is 13.7. The first-order chi connectivity index (χ1) is 11.6. The van der Waals surface area contributed by atoms with E-state index in [1.807, 2.05) is 36.4 Å². The van der Waals surface area contributed by atoms with E-state index in [2.05, 4.69) is 17.2 Å². The fourth-order valence-corrected chi connectivity index (χ4v) is 2.64. The molecule has 2 N–H and O–H groups in total. The second-order valence-electron chi connectivity index (χ2n) is 5.10. The largest absolute Gasteiger partial charge is 0.496 e. The number of benzene rings is 1. The molecule has 0 aromatic heterocycles. The maximum atomic E-state index is 12.3. The number of esters is 1. The monoisotopic (exact) mass is 344 g/mol. The molecule has 1 aromatic rings.